The van der Waals surface area contributed by atoms with Crippen molar-refractivity contribution in [1.29, 1.82) is 0 Å². The number of hydrogen-bond acceptors (Lipinski definition) is 3. The van der Waals surface area contributed by atoms with Gasteiger partial charge in [0.05, 0.1) is 0 Å². The average molecular weight is 306 g/mol. The zero-order valence-corrected chi connectivity index (χ0v) is 12.3. The highest BCUT2D eigenvalue weighted by Crippen LogP contribution is 2.44. The summed E-state index contributed by atoms with van der Waals surface area (Å²) in [6.45, 7) is 0. The van der Waals surface area contributed by atoms with Crippen molar-refractivity contribution >= 4 is 35.0 Å². The molecule has 3 rings (SSSR count). The molecule has 1 amide bonds. The fourth-order valence-electron chi connectivity index (χ4n) is 2.47. The van der Waals surface area contributed by atoms with E-state index >= 15 is 0 Å². The van der Waals surface area contributed by atoms with Crippen LogP contribution in [0.15, 0.2) is 47.4 Å². The van der Waals surface area contributed by atoms with Crippen molar-refractivity contribution in [3.8, 4) is 0 Å². The third-order valence-corrected chi connectivity index (χ3v) is 4.48. The molecule has 0 fully saturated rings. The summed E-state index contributed by atoms with van der Waals surface area (Å²) in [7, 11) is 0. The first-order valence-electron chi connectivity index (χ1n) is 6.04. The van der Waals surface area contributed by atoms with Crippen LogP contribution in [0.5, 0.6) is 0 Å². The first kappa shape index (κ1) is 13.5. The highest BCUT2D eigenvalue weighted by Gasteiger charge is 2.47. The van der Waals surface area contributed by atoms with Gasteiger partial charge in [-0.05, 0) is 30.5 Å². The number of fused-ring (bicyclic) bond motifs is 1. The molecule has 1 aliphatic rings. The maximum atomic E-state index is 12.3. The third kappa shape index (κ3) is 1.84. The summed E-state index contributed by atoms with van der Waals surface area (Å²) in [5, 5.41) is 14.2. The summed E-state index contributed by atoms with van der Waals surface area (Å²) >= 11 is 7.49. The lowest BCUT2D eigenvalue weighted by Gasteiger charge is -2.23. The standard InChI is InChI=1S/C15H12ClNO2S/c1-20-13-5-3-2-4-10(13)15(19)11-8-9(16)6-7-12(11)17-14(15)18/h2-8,19H,1H3,(H,17,18). The normalized spacial score (nSPS) is 20.6. The fraction of sp³-hybridized carbons (Fsp3) is 0.133. The van der Waals surface area contributed by atoms with Crippen molar-refractivity contribution in [3.05, 3.63) is 58.6 Å². The summed E-state index contributed by atoms with van der Waals surface area (Å²) in [5.74, 6) is -0.448. The predicted octanol–water partition coefficient (Wildman–Crippen LogP) is 3.25. The molecule has 0 spiro atoms. The summed E-state index contributed by atoms with van der Waals surface area (Å²) < 4.78 is 0. The van der Waals surface area contributed by atoms with Crippen molar-refractivity contribution in [1.82, 2.24) is 0 Å². The molecule has 1 aliphatic heterocycles. The Bertz CT molecular complexity index is 704. The van der Waals surface area contributed by atoms with Gasteiger partial charge in [-0.1, -0.05) is 29.8 Å². The number of halogens is 1. The number of anilines is 1. The van der Waals surface area contributed by atoms with Crippen molar-refractivity contribution in [2.24, 2.45) is 0 Å². The van der Waals surface area contributed by atoms with Gasteiger partial charge in [0.1, 0.15) is 0 Å². The van der Waals surface area contributed by atoms with E-state index in [1.54, 1.807) is 24.3 Å². The molecule has 20 heavy (non-hydrogen) atoms. The zero-order valence-electron chi connectivity index (χ0n) is 10.7. The SMILES string of the molecule is CSc1ccccc1C1(O)C(=O)Nc2ccc(Cl)cc21. The summed E-state index contributed by atoms with van der Waals surface area (Å²) in [6, 6.07) is 12.4. The number of nitrogens with one attached hydrogen (secondary N) is 1. The van der Waals surface area contributed by atoms with Crippen LogP contribution in [-0.4, -0.2) is 17.3 Å². The van der Waals surface area contributed by atoms with E-state index in [1.165, 1.54) is 11.8 Å². The minimum Gasteiger partial charge on any atom is -0.372 e. The monoisotopic (exact) mass is 305 g/mol. The van der Waals surface area contributed by atoms with Crippen molar-refractivity contribution in [3.63, 3.8) is 0 Å². The predicted molar refractivity (Wildman–Crippen MR) is 81.3 cm³/mol. The highest BCUT2D eigenvalue weighted by molar-refractivity contribution is 7.98. The lowest BCUT2D eigenvalue weighted by atomic mass is 9.87. The molecule has 2 N–H and O–H groups in total. The minimum absolute atomic E-state index is 0.448. The van der Waals surface area contributed by atoms with Crippen LogP contribution in [-0.2, 0) is 10.4 Å². The highest BCUT2D eigenvalue weighted by atomic mass is 35.5. The lowest BCUT2D eigenvalue weighted by Crippen LogP contribution is -2.35. The maximum Gasteiger partial charge on any atom is 0.265 e. The van der Waals surface area contributed by atoms with Crippen molar-refractivity contribution in [2.75, 3.05) is 11.6 Å². The fourth-order valence-corrected chi connectivity index (χ4v) is 3.29. The molecule has 0 aliphatic carbocycles. The van der Waals surface area contributed by atoms with Crippen LogP contribution in [0.4, 0.5) is 5.69 Å². The van der Waals surface area contributed by atoms with Gasteiger partial charge >= 0.3 is 0 Å². The second-order valence-corrected chi connectivity index (χ2v) is 5.84. The Morgan fingerprint density at radius 3 is 2.70 bits per heavy atom. The Morgan fingerprint density at radius 2 is 1.95 bits per heavy atom. The molecule has 1 heterocycles. The summed E-state index contributed by atoms with van der Waals surface area (Å²) in [5.41, 5.74) is -0.0276. The molecule has 1 atom stereocenters. The van der Waals surface area contributed by atoms with E-state index in [-0.39, 0.29) is 0 Å². The van der Waals surface area contributed by atoms with Gasteiger partial charge in [0, 0.05) is 26.7 Å². The van der Waals surface area contributed by atoms with Gasteiger partial charge in [-0.2, -0.15) is 0 Å². The molecule has 0 aromatic heterocycles. The second kappa shape index (κ2) is 4.81. The number of thioether (sulfide) groups is 1. The molecule has 0 bridgehead atoms. The Morgan fingerprint density at radius 1 is 1.20 bits per heavy atom. The maximum absolute atomic E-state index is 12.3. The molecule has 1 unspecified atom stereocenters. The molecular weight excluding hydrogens is 294 g/mol. The summed E-state index contributed by atoms with van der Waals surface area (Å²) in [6.07, 6.45) is 1.91. The van der Waals surface area contributed by atoms with Crippen LogP contribution in [0.2, 0.25) is 5.02 Å². The molecule has 102 valence electrons. The van der Waals surface area contributed by atoms with Crippen LogP contribution in [0.1, 0.15) is 11.1 Å². The number of rotatable bonds is 2. The Balaban J connectivity index is 2.27. The van der Waals surface area contributed by atoms with E-state index in [4.69, 9.17) is 11.6 Å². The Hall–Kier alpha value is -1.49. The molecule has 0 radical (unpaired) electrons. The zero-order chi connectivity index (χ0) is 14.3. The molecule has 5 heteroatoms. The van der Waals surface area contributed by atoms with Crippen molar-refractivity contribution in [2.45, 2.75) is 10.5 Å². The van der Waals surface area contributed by atoms with Crippen LogP contribution in [0.3, 0.4) is 0 Å². The molecule has 0 saturated carbocycles. The topological polar surface area (TPSA) is 49.3 Å². The number of benzene rings is 2. The van der Waals surface area contributed by atoms with Crippen LogP contribution >= 0.6 is 23.4 Å². The number of hydrogen-bond donors (Lipinski definition) is 2. The largest absolute Gasteiger partial charge is 0.372 e. The molecular formula is C15H12ClNO2S. The summed E-state index contributed by atoms with van der Waals surface area (Å²) in [4.78, 5) is 13.2. The number of carbonyl (C=O) groups is 1. The average Bonchev–Trinajstić information content (AvgIpc) is 2.72. The Kier molecular flexibility index (Phi) is 3.24. The molecule has 3 nitrogen and oxygen atoms in total. The van der Waals surface area contributed by atoms with Gasteiger partial charge < -0.3 is 10.4 Å². The van der Waals surface area contributed by atoms with E-state index in [9.17, 15) is 9.90 Å². The van der Waals surface area contributed by atoms with Gasteiger partial charge in [0.2, 0.25) is 0 Å². The van der Waals surface area contributed by atoms with Crippen LogP contribution in [0.25, 0.3) is 0 Å². The van der Waals surface area contributed by atoms with E-state index < -0.39 is 11.5 Å². The Labute approximate surface area is 126 Å². The smallest absolute Gasteiger partial charge is 0.265 e. The van der Waals surface area contributed by atoms with Gasteiger partial charge in [-0.3, -0.25) is 4.79 Å². The molecule has 2 aromatic rings. The van der Waals surface area contributed by atoms with Gasteiger partial charge in [0.15, 0.2) is 5.60 Å². The van der Waals surface area contributed by atoms with Crippen LogP contribution < -0.4 is 5.32 Å². The van der Waals surface area contributed by atoms with E-state index in [0.717, 1.165) is 4.90 Å². The van der Waals surface area contributed by atoms with E-state index in [1.807, 2.05) is 24.5 Å². The first-order valence-corrected chi connectivity index (χ1v) is 7.65. The van der Waals surface area contributed by atoms with E-state index in [2.05, 4.69) is 5.32 Å². The first-order chi connectivity index (χ1) is 9.57. The quantitative estimate of drug-likeness (QED) is 0.837. The minimum atomic E-state index is -1.69. The molecule has 2 aromatic carbocycles. The molecule has 0 saturated heterocycles. The lowest BCUT2D eigenvalue weighted by molar-refractivity contribution is -0.129. The van der Waals surface area contributed by atoms with E-state index in [0.29, 0.717) is 21.8 Å². The van der Waals surface area contributed by atoms with Gasteiger partial charge in [0.25, 0.3) is 5.91 Å². The second-order valence-electron chi connectivity index (χ2n) is 4.55. The van der Waals surface area contributed by atoms with Gasteiger partial charge in [-0.25, -0.2) is 0 Å². The third-order valence-electron chi connectivity index (χ3n) is 3.44. The number of carbonyl (C=O) groups excluding carboxylic acids is 1. The number of aliphatic hydroxyl groups is 1. The van der Waals surface area contributed by atoms with Crippen LogP contribution in [0, 0.1) is 0 Å². The number of amides is 1. The van der Waals surface area contributed by atoms with Crippen molar-refractivity contribution < 1.29 is 9.90 Å². The van der Waals surface area contributed by atoms with Gasteiger partial charge in [-0.15, -0.1) is 11.8 Å².